The molecule has 0 saturated heterocycles. The summed E-state index contributed by atoms with van der Waals surface area (Å²) in [6.45, 7) is 0.932. The Morgan fingerprint density at radius 2 is 1.85 bits per heavy atom. The van der Waals surface area contributed by atoms with Crippen molar-refractivity contribution in [2.45, 2.75) is 45.1 Å². The molecule has 4 aliphatic carbocycles. The Hall–Kier alpha value is -1.39. The third-order valence-electron chi connectivity index (χ3n) is 5.74. The van der Waals surface area contributed by atoms with Crippen molar-refractivity contribution in [3.05, 3.63) is 11.9 Å². The molecular formula is C15H21N3O2. The molecule has 4 fully saturated rings. The summed E-state index contributed by atoms with van der Waals surface area (Å²) in [5.74, 6) is 3.63. The van der Waals surface area contributed by atoms with E-state index in [0.29, 0.717) is 5.69 Å². The van der Waals surface area contributed by atoms with Crippen molar-refractivity contribution in [2.24, 2.45) is 29.6 Å². The fourth-order valence-electron chi connectivity index (χ4n) is 5.22. The van der Waals surface area contributed by atoms with Gasteiger partial charge in [0.2, 0.25) is 0 Å². The lowest BCUT2D eigenvalue weighted by Crippen LogP contribution is -2.46. The number of carboxylic acids is 1. The number of carbonyl (C=O) groups is 1. The maximum absolute atomic E-state index is 10.7. The molecule has 5 rings (SSSR count). The van der Waals surface area contributed by atoms with Crippen LogP contribution in [0.25, 0.3) is 0 Å². The lowest BCUT2D eigenvalue weighted by atomic mass is 9.52. The van der Waals surface area contributed by atoms with Crippen molar-refractivity contribution >= 4 is 5.97 Å². The highest BCUT2D eigenvalue weighted by molar-refractivity contribution is 5.69. The zero-order valence-corrected chi connectivity index (χ0v) is 11.6. The van der Waals surface area contributed by atoms with Gasteiger partial charge in [-0.05, 0) is 61.7 Å². The van der Waals surface area contributed by atoms with Gasteiger partial charge in [0, 0.05) is 12.7 Å². The molecule has 5 nitrogen and oxygen atoms in total. The molecule has 1 aromatic rings. The van der Waals surface area contributed by atoms with Crippen LogP contribution in [0.4, 0.5) is 0 Å². The standard InChI is InChI=1S/C15H21N3O2/c19-15(20)6-13-7-18(17-16-13)8-14-11-2-9-1-10(4-11)5-12(14)3-9/h7,9-12,14H,1-6,8H2,(H,19,20). The first-order valence-corrected chi connectivity index (χ1v) is 7.78. The highest BCUT2D eigenvalue weighted by atomic mass is 16.4. The van der Waals surface area contributed by atoms with Gasteiger partial charge in [0.25, 0.3) is 0 Å². The fraction of sp³-hybridized carbons (Fsp3) is 0.800. The van der Waals surface area contributed by atoms with Crippen LogP contribution in [0.1, 0.15) is 37.8 Å². The number of hydrogen-bond acceptors (Lipinski definition) is 3. The van der Waals surface area contributed by atoms with E-state index in [-0.39, 0.29) is 6.42 Å². The smallest absolute Gasteiger partial charge is 0.309 e. The summed E-state index contributed by atoms with van der Waals surface area (Å²) in [6.07, 6.45) is 8.91. The highest BCUT2D eigenvalue weighted by Gasteiger charge is 2.48. The zero-order valence-electron chi connectivity index (χ0n) is 11.6. The molecule has 0 unspecified atom stereocenters. The molecule has 4 saturated carbocycles. The minimum atomic E-state index is -0.841. The van der Waals surface area contributed by atoms with E-state index >= 15 is 0 Å². The van der Waals surface area contributed by atoms with Crippen molar-refractivity contribution in [3.8, 4) is 0 Å². The number of hydrogen-bond donors (Lipinski definition) is 1. The summed E-state index contributed by atoms with van der Waals surface area (Å²) < 4.78 is 1.88. The minimum Gasteiger partial charge on any atom is -0.481 e. The summed E-state index contributed by atoms with van der Waals surface area (Å²) in [6, 6.07) is 0. The maximum atomic E-state index is 10.7. The van der Waals surface area contributed by atoms with Crippen molar-refractivity contribution in [3.63, 3.8) is 0 Å². The Balaban J connectivity index is 1.46. The van der Waals surface area contributed by atoms with Crippen molar-refractivity contribution in [2.75, 3.05) is 0 Å². The van der Waals surface area contributed by atoms with Crippen LogP contribution in [0.5, 0.6) is 0 Å². The second-order valence-corrected chi connectivity index (χ2v) is 7.10. The molecule has 0 atom stereocenters. The molecule has 1 aromatic heterocycles. The molecule has 0 spiro atoms. The molecule has 0 aromatic carbocycles. The molecule has 20 heavy (non-hydrogen) atoms. The SMILES string of the molecule is O=C(O)Cc1cn(CC2C3CC4CC(C3)CC2C4)nn1. The van der Waals surface area contributed by atoms with E-state index in [0.717, 1.165) is 36.1 Å². The van der Waals surface area contributed by atoms with Gasteiger partial charge in [0.1, 0.15) is 0 Å². The molecule has 4 bridgehead atoms. The largest absolute Gasteiger partial charge is 0.481 e. The second kappa shape index (κ2) is 4.57. The van der Waals surface area contributed by atoms with E-state index < -0.39 is 5.97 Å². The van der Waals surface area contributed by atoms with E-state index in [1.165, 1.54) is 32.1 Å². The molecule has 108 valence electrons. The van der Waals surface area contributed by atoms with Crippen LogP contribution in [0, 0.1) is 29.6 Å². The van der Waals surface area contributed by atoms with Crippen LogP contribution >= 0.6 is 0 Å². The number of carboxylic acid groups (broad SMARTS) is 1. The summed E-state index contributed by atoms with van der Waals surface area (Å²) in [5.41, 5.74) is 0.571. The van der Waals surface area contributed by atoms with Crippen LogP contribution in [-0.2, 0) is 17.8 Å². The molecule has 0 amide bonds. The predicted octanol–water partition coefficient (Wildman–Crippen LogP) is 1.98. The van der Waals surface area contributed by atoms with Gasteiger partial charge >= 0.3 is 5.97 Å². The summed E-state index contributed by atoms with van der Waals surface area (Å²) >= 11 is 0. The average Bonchev–Trinajstić information content (AvgIpc) is 2.79. The summed E-state index contributed by atoms with van der Waals surface area (Å²) in [5, 5.41) is 16.9. The van der Waals surface area contributed by atoms with Crippen LogP contribution in [0.3, 0.4) is 0 Å². The lowest BCUT2D eigenvalue weighted by molar-refractivity contribution is -0.136. The van der Waals surface area contributed by atoms with Gasteiger partial charge in [-0.15, -0.1) is 5.10 Å². The van der Waals surface area contributed by atoms with Crippen LogP contribution in [0.15, 0.2) is 6.20 Å². The van der Waals surface area contributed by atoms with E-state index in [4.69, 9.17) is 5.11 Å². The predicted molar refractivity (Wildman–Crippen MR) is 71.9 cm³/mol. The molecule has 5 heteroatoms. The molecule has 1 N–H and O–H groups in total. The summed E-state index contributed by atoms with van der Waals surface area (Å²) in [7, 11) is 0. The van der Waals surface area contributed by atoms with Gasteiger partial charge in [-0.2, -0.15) is 0 Å². The fourth-order valence-corrected chi connectivity index (χ4v) is 5.22. The van der Waals surface area contributed by atoms with Crippen LogP contribution in [0.2, 0.25) is 0 Å². The number of aliphatic carboxylic acids is 1. The first-order chi connectivity index (χ1) is 9.67. The minimum absolute atomic E-state index is 0.0261. The first-order valence-electron chi connectivity index (χ1n) is 7.78. The van der Waals surface area contributed by atoms with E-state index in [2.05, 4.69) is 10.3 Å². The Morgan fingerprint density at radius 1 is 1.20 bits per heavy atom. The molecule has 0 aliphatic heterocycles. The van der Waals surface area contributed by atoms with E-state index in [9.17, 15) is 4.79 Å². The van der Waals surface area contributed by atoms with Crippen LogP contribution < -0.4 is 0 Å². The van der Waals surface area contributed by atoms with Crippen molar-refractivity contribution < 1.29 is 9.90 Å². The van der Waals surface area contributed by atoms with Crippen LogP contribution in [-0.4, -0.2) is 26.1 Å². The number of rotatable bonds is 4. The molecule has 0 radical (unpaired) electrons. The Bertz CT molecular complexity index is 497. The third kappa shape index (κ3) is 2.13. The Kier molecular flexibility index (Phi) is 2.82. The van der Waals surface area contributed by atoms with Gasteiger partial charge in [0.05, 0.1) is 12.1 Å². The van der Waals surface area contributed by atoms with Gasteiger partial charge in [0.15, 0.2) is 0 Å². The topological polar surface area (TPSA) is 68.0 Å². The van der Waals surface area contributed by atoms with E-state index in [1.807, 2.05) is 10.9 Å². The normalized spacial score (nSPS) is 38.3. The second-order valence-electron chi connectivity index (χ2n) is 7.10. The van der Waals surface area contributed by atoms with Gasteiger partial charge in [-0.3, -0.25) is 9.48 Å². The van der Waals surface area contributed by atoms with E-state index in [1.54, 1.807) is 0 Å². The van der Waals surface area contributed by atoms with Gasteiger partial charge < -0.3 is 5.11 Å². The monoisotopic (exact) mass is 275 g/mol. The van der Waals surface area contributed by atoms with Crippen molar-refractivity contribution in [1.29, 1.82) is 0 Å². The number of nitrogens with zero attached hydrogens (tertiary/aromatic N) is 3. The Morgan fingerprint density at radius 3 is 2.45 bits per heavy atom. The molecule has 1 heterocycles. The van der Waals surface area contributed by atoms with Crippen molar-refractivity contribution in [1.82, 2.24) is 15.0 Å². The van der Waals surface area contributed by atoms with Gasteiger partial charge in [-0.25, -0.2) is 0 Å². The quantitative estimate of drug-likeness (QED) is 0.912. The molecular weight excluding hydrogens is 254 g/mol. The maximum Gasteiger partial charge on any atom is 0.309 e. The molecule has 4 aliphatic rings. The summed E-state index contributed by atoms with van der Waals surface area (Å²) in [4.78, 5) is 10.7. The Labute approximate surface area is 118 Å². The number of aromatic nitrogens is 3. The average molecular weight is 275 g/mol. The third-order valence-corrected chi connectivity index (χ3v) is 5.74. The lowest BCUT2D eigenvalue weighted by Gasteiger charge is -2.54. The highest BCUT2D eigenvalue weighted by Crippen LogP contribution is 2.56. The zero-order chi connectivity index (χ0) is 13.7. The van der Waals surface area contributed by atoms with Gasteiger partial charge in [-0.1, -0.05) is 5.21 Å². The first kappa shape index (κ1) is 12.4.